The first-order chi connectivity index (χ1) is 16.0. The van der Waals surface area contributed by atoms with E-state index in [2.05, 4.69) is 58.4 Å². The third-order valence-corrected chi connectivity index (χ3v) is 7.17. The number of benzene rings is 2. The number of carbonyl (C=O) groups excluding carboxylic acids is 1. The monoisotopic (exact) mass is 578 g/mol. The number of amides is 1. The summed E-state index contributed by atoms with van der Waals surface area (Å²) in [5.74, 6) is -3.89. The van der Waals surface area contributed by atoms with Gasteiger partial charge in [-0.05, 0) is 48.8 Å². The molecule has 2 aromatic carbocycles. The third-order valence-electron chi connectivity index (χ3n) is 5.22. The minimum atomic E-state index is -1.59. The molecule has 0 radical (unpaired) electrons. The van der Waals surface area contributed by atoms with Crippen molar-refractivity contribution in [2.75, 3.05) is 5.32 Å². The van der Waals surface area contributed by atoms with E-state index in [1.54, 1.807) is 30.1 Å². The Hall–Kier alpha value is -1.71. The number of anilines is 1. The second-order valence-corrected chi connectivity index (χ2v) is 10.7. The molecule has 0 heterocycles. The normalized spacial score (nSPS) is 14.3. The van der Waals surface area contributed by atoms with Crippen LogP contribution in [0.2, 0.25) is 5.02 Å². The summed E-state index contributed by atoms with van der Waals surface area (Å²) in [4.78, 5) is 13.4. The molecule has 3 unspecified atom stereocenters. The van der Waals surface area contributed by atoms with Crippen molar-refractivity contribution in [3.8, 4) is 0 Å². The van der Waals surface area contributed by atoms with Crippen molar-refractivity contribution in [2.45, 2.75) is 50.7 Å². The Morgan fingerprint density at radius 2 is 1.79 bits per heavy atom. The van der Waals surface area contributed by atoms with Crippen molar-refractivity contribution in [1.29, 1.82) is 0 Å². The Bertz CT molecular complexity index is 1000. The Morgan fingerprint density at radius 1 is 1.15 bits per heavy atom. The molecular formula is C24H27BrClF3N2O2S. The summed E-state index contributed by atoms with van der Waals surface area (Å²) >= 11 is 10.8. The molecule has 0 aliphatic rings. The van der Waals surface area contributed by atoms with Gasteiger partial charge in [-0.25, -0.2) is 13.2 Å². The molecule has 0 bridgehead atoms. The summed E-state index contributed by atoms with van der Waals surface area (Å²) in [6.45, 7) is 8.53. The summed E-state index contributed by atoms with van der Waals surface area (Å²) in [5, 5.41) is 6.87. The molecule has 0 saturated carbocycles. The van der Waals surface area contributed by atoms with Crippen LogP contribution < -0.4 is 5.32 Å². The minimum Gasteiger partial charge on any atom is -0.322 e. The topological polar surface area (TPSA) is 50.7 Å². The summed E-state index contributed by atoms with van der Waals surface area (Å²) in [6, 6.07) is 6.23. The van der Waals surface area contributed by atoms with Crippen LogP contribution in [0, 0.1) is 35.2 Å². The van der Waals surface area contributed by atoms with Gasteiger partial charge in [0.2, 0.25) is 16.3 Å². The van der Waals surface area contributed by atoms with Gasteiger partial charge in [0.15, 0.2) is 17.5 Å². The number of hydrogen-bond donors (Lipinski definition) is 1. The van der Waals surface area contributed by atoms with Crippen molar-refractivity contribution >= 4 is 57.4 Å². The summed E-state index contributed by atoms with van der Waals surface area (Å²) < 4.78 is 44.7. The fourth-order valence-corrected chi connectivity index (χ4v) is 5.15. The SMILES string of the molecule is CC(C)CC(CC(C)/C=N/OBr)C(C)Sc1cc(C(=O)Nc2cc(F)c(F)c(F)c2)ccc1Cl. The average Bonchev–Trinajstić information content (AvgIpc) is 2.76. The first-order valence-electron chi connectivity index (χ1n) is 10.7. The molecule has 4 nitrogen and oxygen atoms in total. The zero-order valence-electron chi connectivity index (χ0n) is 19.2. The predicted molar refractivity (Wildman–Crippen MR) is 136 cm³/mol. The van der Waals surface area contributed by atoms with Crippen LogP contribution >= 0.6 is 39.6 Å². The molecule has 34 heavy (non-hydrogen) atoms. The Balaban J connectivity index is 2.18. The van der Waals surface area contributed by atoms with Gasteiger partial charge in [0, 0.05) is 39.7 Å². The lowest BCUT2D eigenvalue weighted by molar-refractivity contribution is 0.102. The lowest BCUT2D eigenvalue weighted by Crippen LogP contribution is -2.20. The van der Waals surface area contributed by atoms with E-state index in [0.717, 1.165) is 29.9 Å². The van der Waals surface area contributed by atoms with Crippen molar-refractivity contribution in [1.82, 2.24) is 0 Å². The maximum absolute atomic E-state index is 13.5. The molecule has 2 rings (SSSR count). The number of thioether (sulfide) groups is 1. The Morgan fingerprint density at radius 3 is 2.38 bits per heavy atom. The van der Waals surface area contributed by atoms with Crippen LogP contribution in [0.1, 0.15) is 50.9 Å². The number of halogens is 5. The van der Waals surface area contributed by atoms with Gasteiger partial charge in [-0.15, -0.1) is 11.8 Å². The van der Waals surface area contributed by atoms with Crippen LogP contribution in [0.5, 0.6) is 0 Å². The second kappa shape index (κ2) is 13.4. The smallest absolute Gasteiger partial charge is 0.255 e. The van der Waals surface area contributed by atoms with E-state index in [-0.39, 0.29) is 22.4 Å². The summed E-state index contributed by atoms with van der Waals surface area (Å²) in [6.07, 6.45) is 3.64. The number of hydrogen-bond acceptors (Lipinski definition) is 4. The molecule has 0 aromatic heterocycles. The average molecular weight is 580 g/mol. The van der Waals surface area contributed by atoms with Crippen molar-refractivity contribution in [3.05, 3.63) is 58.4 Å². The molecule has 0 spiro atoms. The number of oxime groups is 1. The predicted octanol–water partition coefficient (Wildman–Crippen LogP) is 8.49. The van der Waals surface area contributed by atoms with Gasteiger partial charge in [-0.3, -0.25) is 4.79 Å². The van der Waals surface area contributed by atoms with Crippen LogP contribution in [0.3, 0.4) is 0 Å². The highest BCUT2D eigenvalue weighted by atomic mass is 79.9. The first-order valence-corrected chi connectivity index (χ1v) is 12.7. The van der Waals surface area contributed by atoms with E-state index < -0.39 is 23.4 Å². The molecule has 0 saturated heterocycles. The Kier molecular flexibility index (Phi) is 11.2. The van der Waals surface area contributed by atoms with Gasteiger partial charge in [-0.2, -0.15) is 0 Å². The van der Waals surface area contributed by atoms with E-state index in [4.69, 9.17) is 11.6 Å². The largest absolute Gasteiger partial charge is 0.322 e. The van der Waals surface area contributed by atoms with Crippen LogP contribution in [0.25, 0.3) is 0 Å². The first kappa shape index (κ1) is 28.5. The van der Waals surface area contributed by atoms with Crippen molar-refractivity contribution in [2.24, 2.45) is 22.9 Å². The fourth-order valence-electron chi connectivity index (χ4n) is 3.61. The van der Waals surface area contributed by atoms with Gasteiger partial charge in [0.25, 0.3) is 5.91 Å². The van der Waals surface area contributed by atoms with Crippen LogP contribution in [-0.4, -0.2) is 17.4 Å². The zero-order valence-corrected chi connectivity index (χ0v) is 22.4. The highest BCUT2D eigenvalue weighted by Crippen LogP contribution is 2.38. The lowest BCUT2D eigenvalue weighted by Gasteiger charge is -2.27. The van der Waals surface area contributed by atoms with Crippen molar-refractivity contribution in [3.63, 3.8) is 0 Å². The standard InChI is InChI=1S/C24H27BrClF3N2O2S/c1-13(2)7-17(8-14(3)12-30-33-25)15(4)34-22-9-16(5-6-19(22)26)24(32)31-18-10-20(27)23(29)21(28)11-18/h5-6,9-15,17H,7-8H2,1-4H3,(H,31,32)/b30-12+. The molecule has 0 aliphatic carbocycles. The maximum atomic E-state index is 13.5. The summed E-state index contributed by atoms with van der Waals surface area (Å²) in [5.41, 5.74) is 0.0821. The molecule has 186 valence electrons. The third kappa shape index (κ3) is 8.50. The number of nitrogens with zero attached hydrogens (tertiary/aromatic N) is 1. The van der Waals surface area contributed by atoms with E-state index in [0.29, 0.717) is 16.9 Å². The number of carbonyl (C=O) groups is 1. The van der Waals surface area contributed by atoms with Crippen LogP contribution in [0.15, 0.2) is 40.4 Å². The molecule has 1 N–H and O–H groups in total. The van der Waals surface area contributed by atoms with Crippen LogP contribution in [0.4, 0.5) is 18.9 Å². The minimum absolute atomic E-state index is 0.180. The molecule has 0 fully saturated rings. The number of rotatable bonds is 11. The summed E-state index contributed by atoms with van der Waals surface area (Å²) in [7, 11) is 0. The molecule has 10 heteroatoms. The highest BCUT2D eigenvalue weighted by Gasteiger charge is 2.23. The van der Waals surface area contributed by atoms with E-state index in [1.165, 1.54) is 6.07 Å². The van der Waals surface area contributed by atoms with E-state index >= 15 is 0 Å². The van der Waals surface area contributed by atoms with Crippen LogP contribution in [-0.2, 0) is 3.93 Å². The molecular weight excluding hydrogens is 553 g/mol. The quantitative estimate of drug-likeness (QED) is 0.126. The second-order valence-electron chi connectivity index (χ2n) is 8.60. The molecule has 3 atom stereocenters. The van der Waals surface area contributed by atoms with E-state index in [9.17, 15) is 18.0 Å². The molecule has 1 amide bonds. The lowest BCUT2D eigenvalue weighted by atomic mass is 9.87. The maximum Gasteiger partial charge on any atom is 0.255 e. The molecule has 2 aromatic rings. The molecule has 0 aliphatic heterocycles. The van der Waals surface area contributed by atoms with E-state index in [1.807, 2.05) is 0 Å². The van der Waals surface area contributed by atoms with Gasteiger partial charge in [0.1, 0.15) is 0 Å². The Labute approximate surface area is 216 Å². The van der Waals surface area contributed by atoms with Crippen molar-refractivity contribution < 1.29 is 21.9 Å². The zero-order chi connectivity index (χ0) is 25.4. The van der Waals surface area contributed by atoms with Gasteiger partial charge in [0.05, 0.1) is 5.02 Å². The number of nitrogens with one attached hydrogen (secondary N) is 1. The highest BCUT2D eigenvalue weighted by molar-refractivity contribution is 9.06. The van der Waals surface area contributed by atoms with Gasteiger partial charge >= 0.3 is 0 Å². The van der Waals surface area contributed by atoms with Gasteiger partial charge < -0.3 is 9.25 Å². The van der Waals surface area contributed by atoms with Gasteiger partial charge in [-0.1, -0.05) is 44.5 Å². The fraction of sp³-hybridized carbons (Fsp3) is 0.417.